The Kier molecular flexibility index (Phi) is 5.15. The van der Waals surface area contributed by atoms with Gasteiger partial charge in [-0.1, -0.05) is 19.8 Å². The lowest BCUT2D eigenvalue weighted by Crippen LogP contribution is -2.21. The van der Waals surface area contributed by atoms with E-state index in [9.17, 15) is 9.90 Å². The summed E-state index contributed by atoms with van der Waals surface area (Å²) in [6, 6.07) is 0. The number of carbonyl (C=O) groups is 1. The van der Waals surface area contributed by atoms with Crippen LogP contribution in [0, 0.1) is 5.92 Å². The van der Waals surface area contributed by atoms with Gasteiger partial charge in [-0.15, -0.1) is 0 Å². The van der Waals surface area contributed by atoms with Crippen molar-refractivity contribution in [3.63, 3.8) is 0 Å². The first-order valence-corrected chi connectivity index (χ1v) is 6.03. The van der Waals surface area contributed by atoms with Crippen molar-refractivity contribution in [3.05, 3.63) is 18.0 Å². The molecule has 0 radical (unpaired) electrons. The fourth-order valence-corrected chi connectivity index (χ4v) is 1.78. The summed E-state index contributed by atoms with van der Waals surface area (Å²) in [6.07, 6.45) is 4.48. The molecule has 0 aliphatic rings. The fourth-order valence-electron chi connectivity index (χ4n) is 1.78. The SMILES string of the molecule is CCCCC(C(=O)O)C(O)c1cnn(CC)c1. The van der Waals surface area contributed by atoms with E-state index in [1.165, 1.54) is 6.20 Å². The monoisotopic (exact) mass is 240 g/mol. The molecule has 2 N–H and O–H groups in total. The first-order valence-electron chi connectivity index (χ1n) is 6.03. The molecule has 1 heterocycles. The number of carboxylic acid groups (broad SMARTS) is 1. The zero-order valence-corrected chi connectivity index (χ0v) is 10.3. The molecule has 5 heteroatoms. The molecule has 1 rings (SSSR count). The van der Waals surface area contributed by atoms with Gasteiger partial charge in [-0.2, -0.15) is 5.10 Å². The van der Waals surface area contributed by atoms with Gasteiger partial charge in [0.1, 0.15) is 0 Å². The van der Waals surface area contributed by atoms with Crippen LogP contribution in [0.25, 0.3) is 0 Å². The van der Waals surface area contributed by atoms with Crippen molar-refractivity contribution in [3.8, 4) is 0 Å². The Morgan fingerprint density at radius 2 is 2.24 bits per heavy atom. The molecule has 2 atom stereocenters. The minimum Gasteiger partial charge on any atom is -0.481 e. The van der Waals surface area contributed by atoms with E-state index in [1.807, 2.05) is 13.8 Å². The lowest BCUT2D eigenvalue weighted by atomic mass is 9.93. The standard InChI is InChI=1S/C12H20N2O3/c1-3-5-6-10(12(16)17)11(15)9-7-13-14(4-2)8-9/h7-8,10-11,15H,3-6H2,1-2H3,(H,16,17). The van der Waals surface area contributed by atoms with Gasteiger partial charge < -0.3 is 10.2 Å². The Morgan fingerprint density at radius 3 is 2.71 bits per heavy atom. The minimum atomic E-state index is -0.973. The second-order valence-corrected chi connectivity index (χ2v) is 4.16. The molecule has 96 valence electrons. The van der Waals surface area contributed by atoms with E-state index in [1.54, 1.807) is 10.9 Å². The Labute approximate surface area is 101 Å². The third-order valence-electron chi connectivity index (χ3n) is 2.89. The second-order valence-electron chi connectivity index (χ2n) is 4.16. The number of aryl methyl sites for hydroxylation is 1. The van der Waals surface area contributed by atoms with Gasteiger partial charge in [-0.05, 0) is 13.3 Å². The maximum Gasteiger partial charge on any atom is 0.309 e. The van der Waals surface area contributed by atoms with Gasteiger partial charge in [0.25, 0.3) is 0 Å². The van der Waals surface area contributed by atoms with Gasteiger partial charge in [0.05, 0.1) is 18.2 Å². The lowest BCUT2D eigenvalue weighted by molar-refractivity contribution is -0.146. The van der Waals surface area contributed by atoms with Crippen molar-refractivity contribution >= 4 is 5.97 Å². The molecule has 0 aromatic carbocycles. The highest BCUT2D eigenvalue weighted by atomic mass is 16.4. The molecule has 0 aliphatic heterocycles. The van der Waals surface area contributed by atoms with Crippen molar-refractivity contribution in [2.75, 3.05) is 0 Å². The minimum absolute atomic E-state index is 0.490. The Balaban J connectivity index is 2.75. The van der Waals surface area contributed by atoms with Crippen LogP contribution in [0.3, 0.4) is 0 Å². The van der Waals surface area contributed by atoms with Gasteiger partial charge in [0, 0.05) is 18.3 Å². The van der Waals surface area contributed by atoms with Gasteiger partial charge in [0.2, 0.25) is 0 Å². The third-order valence-corrected chi connectivity index (χ3v) is 2.89. The summed E-state index contributed by atoms with van der Waals surface area (Å²) in [5, 5.41) is 23.2. The van der Waals surface area contributed by atoms with Crippen LogP contribution in [-0.4, -0.2) is 26.0 Å². The summed E-state index contributed by atoms with van der Waals surface area (Å²) in [4.78, 5) is 11.1. The first-order chi connectivity index (χ1) is 8.10. The lowest BCUT2D eigenvalue weighted by Gasteiger charge is -2.17. The molecule has 17 heavy (non-hydrogen) atoms. The van der Waals surface area contributed by atoms with Crippen LogP contribution < -0.4 is 0 Å². The number of carboxylic acids is 1. The van der Waals surface area contributed by atoms with Crippen LogP contribution in [0.15, 0.2) is 12.4 Å². The van der Waals surface area contributed by atoms with E-state index in [2.05, 4.69) is 5.10 Å². The highest BCUT2D eigenvalue weighted by molar-refractivity contribution is 5.71. The first kappa shape index (κ1) is 13.7. The number of aliphatic carboxylic acids is 1. The smallest absolute Gasteiger partial charge is 0.309 e. The van der Waals surface area contributed by atoms with Crippen LogP contribution in [0.4, 0.5) is 0 Å². The maximum atomic E-state index is 11.1. The number of aliphatic hydroxyl groups is 1. The maximum absolute atomic E-state index is 11.1. The average Bonchev–Trinajstić information content (AvgIpc) is 2.77. The molecule has 1 aromatic heterocycles. The predicted molar refractivity (Wildman–Crippen MR) is 63.5 cm³/mol. The highest BCUT2D eigenvalue weighted by Crippen LogP contribution is 2.26. The molecule has 0 saturated carbocycles. The molecule has 0 spiro atoms. The summed E-state index contributed by atoms with van der Waals surface area (Å²) in [7, 11) is 0. The number of aliphatic hydroxyl groups excluding tert-OH is 1. The highest BCUT2D eigenvalue weighted by Gasteiger charge is 2.27. The van der Waals surface area contributed by atoms with Crippen LogP contribution in [0.5, 0.6) is 0 Å². The topological polar surface area (TPSA) is 75.3 Å². The summed E-state index contributed by atoms with van der Waals surface area (Å²) >= 11 is 0. The van der Waals surface area contributed by atoms with Crippen molar-refractivity contribution in [2.24, 2.45) is 5.92 Å². The summed E-state index contributed by atoms with van der Waals surface area (Å²) in [5.74, 6) is -1.69. The van der Waals surface area contributed by atoms with Crippen LogP contribution in [0.1, 0.15) is 44.8 Å². The van der Waals surface area contributed by atoms with Gasteiger partial charge in [-0.25, -0.2) is 0 Å². The number of unbranched alkanes of at least 4 members (excludes halogenated alkanes) is 1. The van der Waals surface area contributed by atoms with Crippen LogP contribution in [0.2, 0.25) is 0 Å². The Hall–Kier alpha value is -1.36. The second kappa shape index (κ2) is 6.39. The number of hydrogen-bond donors (Lipinski definition) is 2. The Bertz CT molecular complexity index is 362. The molecule has 0 fully saturated rings. The zero-order chi connectivity index (χ0) is 12.8. The zero-order valence-electron chi connectivity index (χ0n) is 10.3. The average molecular weight is 240 g/mol. The van der Waals surface area contributed by atoms with Crippen molar-refractivity contribution in [1.29, 1.82) is 0 Å². The fraction of sp³-hybridized carbons (Fsp3) is 0.667. The van der Waals surface area contributed by atoms with E-state index >= 15 is 0 Å². The van der Waals surface area contributed by atoms with Crippen molar-refractivity contribution < 1.29 is 15.0 Å². The van der Waals surface area contributed by atoms with E-state index in [-0.39, 0.29) is 0 Å². The predicted octanol–water partition coefficient (Wildman–Crippen LogP) is 1.83. The normalized spacial score (nSPS) is 14.5. The van der Waals surface area contributed by atoms with Gasteiger partial charge in [-0.3, -0.25) is 9.48 Å². The molecule has 0 saturated heterocycles. The van der Waals surface area contributed by atoms with Gasteiger partial charge in [0.15, 0.2) is 0 Å². The van der Waals surface area contributed by atoms with Crippen molar-refractivity contribution in [1.82, 2.24) is 9.78 Å². The van der Waals surface area contributed by atoms with E-state index in [4.69, 9.17) is 5.11 Å². The largest absolute Gasteiger partial charge is 0.481 e. The van der Waals surface area contributed by atoms with Crippen LogP contribution >= 0.6 is 0 Å². The molecular formula is C12H20N2O3. The quantitative estimate of drug-likeness (QED) is 0.762. The van der Waals surface area contributed by atoms with Gasteiger partial charge >= 0.3 is 5.97 Å². The summed E-state index contributed by atoms with van der Waals surface area (Å²) in [6.45, 7) is 4.65. The van der Waals surface area contributed by atoms with Crippen molar-refractivity contribution in [2.45, 2.75) is 45.8 Å². The number of aromatic nitrogens is 2. The molecule has 1 aromatic rings. The molecular weight excluding hydrogens is 220 g/mol. The van der Waals surface area contributed by atoms with E-state index in [0.717, 1.165) is 12.8 Å². The third kappa shape index (κ3) is 3.56. The Morgan fingerprint density at radius 1 is 1.53 bits per heavy atom. The number of rotatable bonds is 7. The van der Waals surface area contributed by atoms with E-state index < -0.39 is 18.0 Å². The molecule has 5 nitrogen and oxygen atoms in total. The number of hydrogen-bond acceptors (Lipinski definition) is 3. The molecule has 2 unspecified atom stereocenters. The van der Waals surface area contributed by atoms with Crippen LogP contribution in [-0.2, 0) is 11.3 Å². The number of nitrogens with zero attached hydrogens (tertiary/aromatic N) is 2. The molecule has 0 amide bonds. The van der Waals surface area contributed by atoms with E-state index in [0.29, 0.717) is 18.5 Å². The molecule has 0 aliphatic carbocycles. The summed E-state index contributed by atoms with van der Waals surface area (Å²) in [5.41, 5.74) is 0.579. The molecule has 0 bridgehead atoms. The summed E-state index contributed by atoms with van der Waals surface area (Å²) < 4.78 is 1.68.